The number of thioether (sulfide) groups is 1. The van der Waals surface area contributed by atoms with Crippen LogP contribution >= 0.6 is 11.8 Å². The summed E-state index contributed by atoms with van der Waals surface area (Å²) in [7, 11) is -2.44. The molecule has 0 fully saturated rings. The largest absolute Gasteiger partial charge is 0.497 e. The molecule has 0 saturated heterocycles. The highest BCUT2D eigenvalue weighted by Crippen LogP contribution is 2.20. The third kappa shape index (κ3) is 5.53. The van der Waals surface area contributed by atoms with E-state index in [0.29, 0.717) is 11.4 Å². The van der Waals surface area contributed by atoms with Crippen molar-refractivity contribution in [1.29, 1.82) is 0 Å². The molecule has 0 bridgehead atoms. The van der Waals surface area contributed by atoms with Crippen molar-refractivity contribution in [2.75, 3.05) is 18.2 Å². The molecule has 0 spiro atoms. The number of benzene rings is 2. The van der Waals surface area contributed by atoms with Crippen LogP contribution in [0.5, 0.6) is 5.75 Å². The smallest absolute Gasteiger partial charge is 0.270 e. The zero-order chi connectivity index (χ0) is 22.4. The fourth-order valence-corrected chi connectivity index (χ4v) is 4.54. The number of rotatable bonds is 8. The second kappa shape index (κ2) is 9.80. The van der Waals surface area contributed by atoms with Crippen molar-refractivity contribution < 1.29 is 17.9 Å². The minimum Gasteiger partial charge on any atom is -0.497 e. The van der Waals surface area contributed by atoms with Gasteiger partial charge >= 0.3 is 0 Å². The number of hydrogen-bond donors (Lipinski definition) is 2. The van der Waals surface area contributed by atoms with E-state index in [2.05, 4.69) is 15.3 Å². The zero-order valence-corrected chi connectivity index (χ0v) is 18.5. The Hall–Kier alpha value is -3.11. The summed E-state index contributed by atoms with van der Waals surface area (Å²) in [6.45, 7) is 1.96. The van der Waals surface area contributed by atoms with Gasteiger partial charge in [-0.3, -0.25) is 9.59 Å². The number of nitrogens with one attached hydrogen (secondary N) is 2. The summed E-state index contributed by atoms with van der Waals surface area (Å²) >= 11 is 0.991. The van der Waals surface area contributed by atoms with Crippen molar-refractivity contribution in [3.8, 4) is 5.75 Å². The normalized spacial score (nSPS) is 11.2. The third-order valence-corrected chi connectivity index (χ3v) is 7.04. The molecule has 31 heavy (non-hydrogen) atoms. The summed E-state index contributed by atoms with van der Waals surface area (Å²) in [6, 6.07) is 13.2. The first-order valence-corrected chi connectivity index (χ1v) is 11.8. The molecule has 2 aromatic carbocycles. The molecule has 8 nitrogen and oxygen atoms in total. The number of aromatic amines is 1. The molecule has 1 heterocycles. The van der Waals surface area contributed by atoms with Crippen LogP contribution in [0.25, 0.3) is 0 Å². The molecule has 1 aromatic heterocycles. The maximum absolute atomic E-state index is 12.7. The lowest BCUT2D eigenvalue weighted by atomic mass is 10.2. The van der Waals surface area contributed by atoms with E-state index < -0.39 is 20.3 Å². The Morgan fingerprint density at radius 3 is 2.39 bits per heavy atom. The molecule has 3 rings (SSSR count). The number of hydrogen-bond acceptors (Lipinski definition) is 7. The average molecular weight is 460 g/mol. The Labute approximate surface area is 184 Å². The van der Waals surface area contributed by atoms with Crippen LogP contribution in [0.2, 0.25) is 0 Å². The molecule has 2 N–H and O–H groups in total. The molecule has 3 aromatic rings. The molecule has 0 radical (unpaired) electrons. The molecule has 0 aliphatic carbocycles. The maximum Gasteiger partial charge on any atom is 0.270 e. The first kappa shape index (κ1) is 22.6. The number of aryl methyl sites for hydroxylation is 1. The number of sulfone groups is 1. The second-order valence-corrected chi connectivity index (χ2v) is 9.33. The van der Waals surface area contributed by atoms with Gasteiger partial charge in [0.25, 0.3) is 5.56 Å². The van der Waals surface area contributed by atoms with Crippen molar-refractivity contribution >= 4 is 33.2 Å². The van der Waals surface area contributed by atoms with Crippen LogP contribution in [0, 0.1) is 0 Å². The van der Waals surface area contributed by atoms with Crippen LogP contribution < -0.4 is 15.6 Å². The van der Waals surface area contributed by atoms with Crippen LogP contribution in [0.3, 0.4) is 0 Å². The van der Waals surface area contributed by atoms with Gasteiger partial charge in [-0.15, -0.1) is 0 Å². The van der Waals surface area contributed by atoms with E-state index in [1.807, 2.05) is 6.92 Å². The summed E-state index contributed by atoms with van der Waals surface area (Å²) in [4.78, 5) is 30.5. The van der Waals surface area contributed by atoms with Crippen molar-refractivity contribution in [1.82, 2.24) is 9.97 Å². The lowest BCUT2D eigenvalue weighted by Crippen LogP contribution is -2.20. The first-order valence-electron chi connectivity index (χ1n) is 9.33. The minimum absolute atomic E-state index is 0.0143. The number of H-pyrrole nitrogens is 1. The molecule has 0 atom stereocenters. The van der Waals surface area contributed by atoms with Crippen LogP contribution in [-0.4, -0.2) is 37.2 Å². The van der Waals surface area contributed by atoms with E-state index in [1.54, 1.807) is 43.5 Å². The van der Waals surface area contributed by atoms with Crippen LogP contribution in [-0.2, 0) is 21.1 Å². The number of amides is 1. The molecular formula is C21H21N3O5S2. The quantitative estimate of drug-likeness (QED) is 0.393. The van der Waals surface area contributed by atoms with Gasteiger partial charge in [-0.1, -0.05) is 30.8 Å². The highest BCUT2D eigenvalue weighted by atomic mass is 32.2. The minimum atomic E-state index is -3.99. The number of carbonyl (C=O) groups is 1. The van der Waals surface area contributed by atoms with Gasteiger partial charge in [0.15, 0.2) is 10.1 Å². The van der Waals surface area contributed by atoms with Crippen LogP contribution in [0.4, 0.5) is 5.69 Å². The Morgan fingerprint density at radius 2 is 1.81 bits per heavy atom. The van der Waals surface area contributed by atoms with Crippen molar-refractivity contribution in [2.45, 2.75) is 28.3 Å². The van der Waals surface area contributed by atoms with Gasteiger partial charge in [-0.05, 0) is 48.4 Å². The highest BCUT2D eigenvalue weighted by molar-refractivity contribution is 7.99. The van der Waals surface area contributed by atoms with E-state index >= 15 is 0 Å². The van der Waals surface area contributed by atoms with Gasteiger partial charge in [-0.25, -0.2) is 13.4 Å². The summed E-state index contributed by atoms with van der Waals surface area (Å²) in [5.74, 6) is 0.357. The predicted octanol–water partition coefficient (Wildman–Crippen LogP) is 2.90. The molecular weight excluding hydrogens is 438 g/mol. The third-order valence-electron chi connectivity index (χ3n) is 4.39. The van der Waals surface area contributed by atoms with E-state index in [4.69, 9.17) is 4.74 Å². The van der Waals surface area contributed by atoms with Gasteiger partial charge < -0.3 is 15.0 Å². The lowest BCUT2D eigenvalue weighted by molar-refractivity contribution is -0.113. The number of ether oxygens (including phenoxy) is 1. The fraction of sp³-hybridized carbons (Fsp3) is 0.190. The monoisotopic (exact) mass is 459 g/mol. The number of anilines is 1. The van der Waals surface area contributed by atoms with E-state index in [1.165, 1.54) is 12.1 Å². The Kier molecular flexibility index (Phi) is 7.13. The summed E-state index contributed by atoms with van der Waals surface area (Å²) in [5, 5.41) is 2.86. The molecule has 0 unspecified atom stereocenters. The van der Waals surface area contributed by atoms with Crippen LogP contribution in [0.15, 0.2) is 74.5 Å². The summed E-state index contributed by atoms with van der Waals surface area (Å²) < 4.78 is 30.5. The SMILES string of the molecule is CCc1ccc(S(=O)(=O)c2cnc(SCC(=O)Nc3ccc(OC)cc3)[nH]c2=O)cc1. The zero-order valence-electron chi connectivity index (χ0n) is 16.9. The molecule has 10 heteroatoms. The predicted molar refractivity (Wildman–Crippen MR) is 118 cm³/mol. The molecule has 0 aliphatic heterocycles. The topological polar surface area (TPSA) is 118 Å². The Balaban J connectivity index is 1.67. The standard InChI is InChI=1S/C21H21N3O5S2/c1-3-14-4-10-17(11-5-14)31(27,28)18-12-22-21(24-20(18)26)30-13-19(25)23-15-6-8-16(29-2)9-7-15/h4-12H,3,13H2,1-2H3,(H,23,25)(H,22,24,26). The number of nitrogens with zero attached hydrogens (tertiary/aromatic N) is 1. The van der Waals surface area contributed by atoms with Crippen molar-refractivity contribution in [3.63, 3.8) is 0 Å². The highest BCUT2D eigenvalue weighted by Gasteiger charge is 2.22. The van der Waals surface area contributed by atoms with Gasteiger partial charge in [0.05, 0.1) is 24.0 Å². The molecule has 1 amide bonds. The van der Waals surface area contributed by atoms with Gasteiger partial charge in [0.1, 0.15) is 5.75 Å². The average Bonchev–Trinajstić information content (AvgIpc) is 2.78. The number of aromatic nitrogens is 2. The van der Waals surface area contributed by atoms with Crippen LogP contribution in [0.1, 0.15) is 12.5 Å². The summed E-state index contributed by atoms with van der Waals surface area (Å²) in [5.41, 5.74) is 0.807. The first-order chi connectivity index (χ1) is 14.8. The Morgan fingerprint density at radius 1 is 1.13 bits per heavy atom. The van der Waals surface area contributed by atoms with Gasteiger partial charge in [-0.2, -0.15) is 0 Å². The number of methoxy groups -OCH3 is 1. The van der Waals surface area contributed by atoms with E-state index in [-0.39, 0.29) is 21.7 Å². The summed E-state index contributed by atoms with van der Waals surface area (Å²) in [6.07, 6.45) is 1.80. The number of carbonyl (C=O) groups excluding carboxylic acids is 1. The fourth-order valence-electron chi connectivity index (χ4n) is 2.67. The van der Waals surface area contributed by atoms with Gasteiger partial charge in [0.2, 0.25) is 15.7 Å². The molecule has 0 saturated carbocycles. The van der Waals surface area contributed by atoms with Gasteiger partial charge in [0, 0.05) is 5.69 Å². The van der Waals surface area contributed by atoms with Crippen molar-refractivity contribution in [3.05, 3.63) is 70.6 Å². The van der Waals surface area contributed by atoms with Crippen molar-refractivity contribution in [2.24, 2.45) is 0 Å². The Bertz CT molecular complexity index is 1220. The lowest BCUT2D eigenvalue weighted by Gasteiger charge is -2.07. The maximum atomic E-state index is 12.7. The molecule has 162 valence electrons. The second-order valence-electron chi connectivity index (χ2n) is 6.45. The molecule has 0 aliphatic rings. The van der Waals surface area contributed by atoms with E-state index in [9.17, 15) is 18.0 Å². The van der Waals surface area contributed by atoms with E-state index in [0.717, 1.165) is 29.9 Å².